The molecule has 3 aromatic rings. The fourth-order valence-corrected chi connectivity index (χ4v) is 6.11. The number of piperidine rings is 1. The molecule has 1 aliphatic rings. The molecule has 8 nitrogen and oxygen atoms in total. The molecule has 1 saturated heterocycles. The van der Waals surface area contributed by atoms with E-state index in [-0.39, 0.29) is 12.3 Å². The Morgan fingerprint density at radius 3 is 2.47 bits per heavy atom. The predicted molar refractivity (Wildman–Crippen MR) is 132 cm³/mol. The summed E-state index contributed by atoms with van der Waals surface area (Å²) in [7, 11) is -3.52. The van der Waals surface area contributed by atoms with Gasteiger partial charge in [0.1, 0.15) is 5.82 Å². The number of nitrogens with two attached hydrogens (primary N) is 1. The number of rotatable bonds is 10. The maximum atomic E-state index is 13.2. The number of amides is 1. The second-order valence-corrected chi connectivity index (χ2v) is 10.7. The van der Waals surface area contributed by atoms with Gasteiger partial charge >= 0.3 is 0 Å². The zero-order chi connectivity index (χ0) is 24.1. The van der Waals surface area contributed by atoms with Crippen LogP contribution in [0.3, 0.4) is 0 Å². The Morgan fingerprint density at radius 1 is 1.06 bits per heavy atom. The number of carbonyl (C=O) groups is 1. The van der Waals surface area contributed by atoms with Gasteiger partial charge in [0, 0.05) is 39.1 Å². The first-order valence-corrected chi connectivity index (χ1v) is 13.4. The standard InChI is InChI=1S/C25H33N5O3S/c1-2-30-23-12-11-21(34(32,33)29-14-7-4-8-15-29)17-22(23)27-25(30)19-28(16-13-24(26)31)18-20-9-5-3-6-10-20/h3,5-6,9-12,17H,2,4,7-8,13-16,18-19H2,1H3,(H2,26,31). The third-order valence-corrected chi connectivity index (χ3v) is 8.25. The topological polar surface area (TPSA) is 102 Å². The smallest absolute Gasteiger partial charge is 0.243 e. The molecule has 0 saturated carbocycles. The molecule has 1 aliphatic heterocycles. The minimum Gasteiger partial charge on any atom is -0.370 e. The molecule has 2 N–H and O–H groups in total. The molecule has 0 atom stereocenters. The van der Waals surface area contributed by atoms with Gasteiger partial charge in [0.15, 0.2) is 0 Å². The molecule has 2 aromatic carbocycles. The van der Waals surface area contributed by atoms with Crippen LogP contribution in [0.15, 0.2) is 53.4 Å². The Labute approximate surface area is 201 Å². The number of nitrogens with zero attached hydrogens (tertiary/aromatic N) is 4. The van der Waals surface area contributed by atoms with Crippen LogP contribution in [0.2, 0.25) is 0 Å². The quantitative estimate of drug-likeness (QED) is 0.477. The highest BCUT2D eigenvalue weighted by Crippen LogP contribution is 2.25. The summed E-state index contributed by atoms with van der Waals surface area (Å²) < 4.78 is 30.0. The molecule has 0 spiro atoms. The van der Waals surface area contributed by atoms with Crippen LogP contribution in [0.25, 0.3) is 11.0 Å². The molecule has 4 rings (SSSR count). The summed E-state index contributed by atoms with van der Waals surface area (Å²) in [5.41, 5.74) is 8.13. The molecule has 0 unspecified atom stereocenters. The number of hydrogen-bond donors (Lipinski definition) is 1. The van der Waals surface area contributed by atoms with Gasteiger partial charge in [0.25, 0.3) is 0 Å². The fraction of sp³-hybridized carbons (Fsp3) is 0.440. The van der Waals surface area contributed by atoms with E-state index in [0.29, 0.717) is 49.7 Å². The number of aryl methyl sites for hydroxylation is 1. The highest BCUT2D eigenvalue weighted by atomic mass is 32.2. The lowest BCUT2D eigenvalue weighted by Crippen LogP contribution is -2.35. The zero-order valence-electron chi connectivity index (χ0n) is 19.7. The van der Waals surface area contributed by atoms with E-state index in [1.807, 2.05) is 31.2 Å². The summed E-state index contributed by atoms with van der Waals surface area (Å²) in [4.78, 5) is 18.7. The van der Waals surface area contributed by atoms with Gasteiger partial charge in [-0.3, -0.25) is 9.69 Å². The van der Waals surface area contributed by atoms with Gasteiger partial charge in [0.2, 0.25) is 15.9 Å². The van der Waals surface area contributed by atoms with E-state index in [1.165, 1.54) is 0 Å². The first-order chi connectivity index (χ1) is 16.4. The molecular formula is C25H33N5O3S. The first kappa shape index (κ1) is 24.4. The number of sulfonamides is 1. The van der Waals surface area contributed by atoms with Crippen molar-refractivity contribution in [2.45, 2.75) is 57.1 Å². The highest BCUT2D eigenvalue weighted by Gasteiger charge is 2.27. The molecule has 0 aliphatic carbocycles. The molecule has 34 heavy (non-hydrogen) atoms. The van der Waals surface area contributed by atoms with Crippen molar-refractivity contribution in [1.82, 2.24) is 18.8 Å². The van der Waals surface area contributed by atoms with E-state index in [1.54, 1.807) is 16.4 Å². The van der Waals surface area contributed by atoms with Crippen LogP contribution in [0.4, 0.5) is 0 Å². The van der Waals surface area contributed by atoms with Crippen molar-refractivity contribution in [3.05, 3.63) is 59.9 Å². The third-order valence-electron chi connectivity index (χ3n) is 6.36. The largest absolute Gasteiger partial charge is 0.370 e. The Morgan fingerprint density at radius 2 is 1.79 bits per heavy atom. The number of fused-ring (bicyclic) bond motifs is 1. The van der Waals surface area contributed by atoms with Crippen LogP contribution >= 0.6 is 0 Å². The lowest BCUT2D eigenvalue weighted by molar-refractivity contribution is -0.118. The number of primary amides is 1. The Kier molecular flexibility index (Phi) is 7.65. The van der Waals surface area contributed by atoms with Gasteiger partial charge in [-0.1, -0.05) is 36.8 Å². The van der Waals surface area contributed by atoms with Gasteiger partial charge < -0.3 is 10.3 Å². The van der Waals surface area contributed by atoms with Crippen LogP contribution in [0.5, 0.6) is 0 Å². The van der Waals surface area contributed by atoms with Gasteiger partial charge in [-0.2, -0.15) is 4.31 Å². The van der Waals surface area contributed by atoms with Crippen molar-refractivity contribution in [2.24, 2.45) is 5.73 Å². The number of hydrogen-bond acceptors (Lipinski definition) is 5. The van der Waals surface area contributed by atoms with Gasteiger partial charge in [-0.15, -0.1) is 0 Å². The average molecular weight is 484 g/mol. The average Bonchev–Trinajstić information content (AvgIpc) is 3.19. The molecule has 1 fully saturated rings. The molecule has 1 aromatic heterocycles. The lowest BCUT2D eigenvalue weighted by atomic mass is 10.2. The van der Waals surface area contributed by atoms with E-state index in [2.05, 4.69) is 21.6 Å². The molecule has 2 heterocycles. The zero-order valence-corrected chi connectivity index (χ0v) is 20.5. The fourth-order valence-electron chi connectivity index (χ4n) is 4.57. The molecule has 9 heteroatoms. The van der Waals surface area contributed by atoms with Gasteiger partial charge in [-0.25, -0.2) is 13.4 Å². The Hall–Kier alpha value is -2.75. The molecule has 1 amide bonds. The minimum absolute atomic E-state index is 0.261. The molecular weight excluding hydrogens is 450 g/mol. The van der Waals surface area contributed by atoms with Crippen molar-refractivity contribution in [1.29, 1.82) is 0 Å². The van der Waals surface area contributed by atoms with E-state index in [0.717, 1.165) is 36.2 Å². The second-order valence-electron chi connectivity index (χ2n) is 8.80. The lowest BCUT2D eigenvalue weighted by Gasteiger charge is -2.25. The van der Waals surface area contributed by atoms with Crippen LogP contribution in [0.1, 0.15) is 44.0 Å². The van der Waals surface area contributed by atoms with Gasteiger partial charge in [-0.05, 0) is 43.5 Å². The van der Waals surface area contributed by atoms with Gasteiger partial charge in [0.05, 0.1) is 22.5 Å². The molecule has 0 radical (unpaired) electrons. The Bertz CT molecular complexity index is 1230. The first-order valence-electron chi connectivity index (χ1n) is 11.9. The van der Waals surface area contributed by atoms with Crippen molar-refractivity contribution >= 4 is 27.0 Å². The third kappa shape index (κ3) is 5.48. The highest BCUT2D eigenvalue weighted by molar-refractivity contribution is 7.89. The summed E-state index contributed by atoms with van der Waals surface area (Å²) in [6.45, 7) is 5.61. The van der Waals surface area contributed by atoms with Crippen molar-refractivity contribution < 1.29 is 13.2 Å². The van der Waals surface area contributed by atoms with Crippen molar-refractivity contribution in [3.8, 4) is 0 Å². The van der Waals surface area contributed by atoms with Crippen LogP contribution < -0.4 is 5.73 Å². The van der Waals surface area contributed by atoms with Crippen LogP contribution in [-0.2, 0) is 34.5 Å². The maximum absolute atomic E-state index is 13.2. The van der Waals surface area contributed by atoms with E-state index >= 15 is 0 Å². The second kappa shape index (κ2) is 10.7. The maximum Gasteiger partial charge on any atom is 0.243 e. The van der Waals surface area contributed by atoms with Crippen molar-refractivity contribution in [2.75, 3.05) is 19.6 Å². The van der Waals surface area contributed by atoms with E-state index in [4.69, 9.17) is 10.7 Å². The van der Waals surface area contributed by atoms with E-state index in [9.17, 15) is 13.2 Å². The summed E-state index contributed by atoms with van der Waals surface area (Å²) in [6, 6.07) is 15.3. The normalized spacial score (nSPS) is 15.2. The van der Waals surface area contributed by atoms with Crippen LogP contribution in [0, 0.1) is 0 Å². The number of carbonyl (C=O) groups excluding carboxylic acids is 1. The summed E-state index contributed by atoms with van der Waals surface area (Å²) in [5, 5.41) is 0. The SMILES string of the molecule is CCn1c(CN(CCC(N)=O)Cc2ccccc2)nc2cc(S(=O)(=O)N3CCCCC3)ccc21. The summed E-state index contributed by atoms with van der Waals surface area (Å²) in [5.74, 6) is 0.500. The summed E-state index contributed by atoms with van der Waals surface area (Å²) >= 11 is 0. The molecule has 182 valence electrons. The number of imidazole rings is 1. The molecule has 0 bridgehead atoms. The van der Waals surface area contributed by atoms with E-state index < -0.39 is 10.0 Å². The predicted octanol–water partition coefficient (Wildman–Crippen LogP) is 3.11. The number of aromatic nitrogens is 2. The monoisotopic (exact) mass is 483 g/mol. The summed E-state index contributed by atoms with van der Waals surface area (Å²) in [6.07, 6.45) is 3.14. The van der Waals surface area contributed by atoms with Crippen LogP contribution in [-0.4, -0.2) is 52.7 Å². The number of benzene rings is 2. The minimum atomic E-state index is -3.52. The van der Waals surface area contributed by atoms with Crippen molar-refractivity contribution in [3.63, 3.8) is 0 Å². The Balaban J connectivity index is 1.63.